The van der Waals surface area contributed by atoms with Crippen LogP contribution in [0.2, 0.25) is 0 Å². The fourth-order valence-electron chi connectivity index (χ4n) is 1.74. The Balaban J connectivity index is 2.38. The normalized spacial score (nSPS) is 10.8. The van der Waals surface area contributed by atoms with E-state index in [1.807, 2.05) is 0 Å². The molecule has 1 heterocycles. The zero-order valence-electron chi connectivity index (χ0n) is 10.2. The van der Waals surface area contributed by atoms with Crippen LogP contribution >= 0.6 is 0 Å². The maximum atomic E-state index is 13.5. The molecule has 0 spiro atoms. The number of carbonyl (C=O) groups excluding carboxylic acids is 1. The lowest BCUT2D eigenvalue weighted by Crippen LogP contribution is -1.98. The van der Waals surface area contributed by atoms with Gasteiger partial charge in [0.05, 0.1) is 12.2 Å². The molecule has 96 valence electrons. The van der Waals surface area contributed by atoms with Crippen molar-refractivity contribution in [3.8, 4) is 6.07 Å². The van der Waals surface area contributed by atoms with Gasteiger partial charge in [0, 0.05) is 28.7 Å². The van der Waals surface area contributed by atoms with Crippen molar-refractivity contribution in [2.45, 2.75) is 6.92 Å². The minimum absolute atomic E-state index is 0.0183. The molecule has 0 saturated heterocycles. The van der Waals surface area contributed by atoms with Gasteiger partial charge in [0.1, 0.15) is 11.9 Å². The van der Waals surface area contributed by atoms with Gasteiger partial charge < -0.3 is 9.72 Å². The van der Waals surface area contributed by atoms with E-state index in [-0.39, 0.29) is 5.56 Å². The Morgan fingerprint density at radius 3 is 3.05 bits per heavy atom. The molecule has 0 atom stereocenters. The van der Waals surface area contributed by atoms with Gasteiger partial charge in [-0.2, -0.15) is 5.26 Å². The molecule has 0 aliphatic carbocycles. The number of aromatic amines is 1. The van der Waals surface area contributed by atoms with Crippen molar-refractivity contribution in [3.63, 3.8) is 0 Å². The molecule has 0 aliphatic rings. The molecule has 0 saturated carbocycles. The number of nitriles is 1. The van der Waals surface area contributed by atoms with E-state index in [0.717, 1.165) is 0 Å². The number of benzene rings is 1. The average Bonchev–Trinajstić information content (AvgIpc) is 2.78. The van der Waals surface area contributed by atoms with E-state index < -0.39 is 11.8 Å². The molecule has 1 aromatic carbocycles. The number of hydrogen-bond acceptors (Lipinski definition) is 3. The summed E-state index contributed by atoms with van der Waals surface area (Å²) < 4.78 is 18.3. The third-order valence-electron chi connectivity index (χ3n) is 2.61. The molecule has 0 unspecified atom stereocenters. The lowest BCUT2D eigenvalue weighted by atomic mass is 10.1. The molecular formula is C14H11FN2O2. The molecule has 2 aromatic rings. The smallest absolute Gasteiger partial charge is 0.330 e. The highest BCUT2D eigenvalue weighted by atomic mass is 19.1. The van der Waals surface area contributed by atoms with Gasteiger partial charge in [-0.05, 0) is 25.1 Å². The second kappa shape index (κ2) is 5.36. The Labute approximate surface area is 109 Å². The van der Waals surface area contributed by atoms with Crippen LogP contribution in [0.3, 0.4) is 0 Å². The number of fused-ring (bicyclic) bond motifs is 1. The van der Waals surface area contributed by atoms with Crippen LogP contribution in [0.15, 0.2) is 24.4 Å². The minimum atomic E-state index is -0.583. The standard InChI is InChI=1S/C14H11FN2O2/c1-2-19-14(18)4-3-9-8-17-13-5-10(7-16)12(15)6-11(9)13/h3-6,8,17H,2H2,1H3. The summed E-state index contributed by atoms with van der Waals surface area (Å²) in [5.74, 6) is -1.04. The highest BCUT2D eigenvalue weighted by molar-refractivity contribution is 5.94. The highest BCUT2D eigenvalue weighted by Crippen LogP contribution is 2.22. The van der Waals surface area contributed by atoms with Crippen molar-refractivity contribution in [1.29, 1.82) is 5.26 Å². The molecule has 0 fully saturated rings. The zero-order chi connectivity index (χ0) is 13.8. The van der Waals surface area contributed by atoms with Crippen molar-refractivity contribution in [2.75, 3.05) is 6.61 Å². The predicted molar refractivity (Wildman–Crippen MR) is 68.6 cm³/mol. The number of H-pyrrole nitrogens is 1. The fraction of sp³-hybridized carbons (Fsp3) is 0.143. The van der Waals surface area contributed by atoms with E-state index in [1.54, 1.807) is 25.3 Å². The number of aromatic nitrogens is 1. The predicted octanol–water partition coefficient (Wildman–Crippen LogP) is 2.75. The Kier molecular flexibility index (Phi) is 3.62. The van der Waals surface area contributed by atoms with E-state index in [2.05, 4.69) is 4.98 Å². The van der Waals surface area contributed by atoms with Crippen molar-refractivity contribution in [3.05, 3.63) is 41.3 Å². The summed E-state index contributed by atoms with van der Waals surface area (Å²) in [6.07, 6.45) is 4.46. The topological polar surface area (TPSA) is 65.9 Å². The first kappa shape index (κ1) is 12.8. The SMILES string of the molecule is CCOC(=O)C=Cc1c[nH]c2cc(C#N)c(F)cc12. The van der Waals surface area contributed by atoms with Crippen molar-refractivity contribution < 1.29 is 13.9 Å². The number of esters is 1. The maximum absolute atomic E-state index is 13.5. The van der Waals surface area contributed by atoms with E-state index in [4.69, 9.17) is 10.00 Å². The summed E-state index contributed by atoms with van der Waals surface area (Å²) in [5, 5.41) is 9.35. The van der Waals surface area contributed by atoms with Crippen LogP contribution in [0.5, 0.6) is 0 Å². The van der Waals surface area contributed by atoms with Crippen molar-refractivity contribution in [1.82, 2.24) is 4.98 Å². The first-order valence-electron chi connectivity index (χ1n) is 5.71. The summed E-state index contributed by atoms with van der Waals surface area (Å²) >= 11 is 0. The van der Waals surface area contributed by atoms with Crippen LogP contribution in [0.1, 0.15) is 18.1 Å². The number of halogens is 1. The van der Waals surface area contributed by atoms with Crippen LogP contribution in [-0.4, -0.2) is 17.6 Å². The molecule has 0 aliphatic heterocycles. The fourth-order valence-corrected chi connectivity index (χ4v) is 1.74. The number of ether oxygens (including phenoxy) is 1. The van der Waals surface area contributed by atoms with Crippen LogP contribution in [0.4, 0.5) is 4.39 Å². The number of carbonyl (C=O) groups is 1. The maximum Gasteiger partial charge on any atom is 0.330 e. The summed E-state index contributed by atoms with van der Waals surface area (Å²) in [4.78, 5) is 14.1. The number of nitrogens with zero attached hydrogens (tertiary/aromatic N) is 1. The molecule has 0 bridgehead atoms. The molecule has 4 nitrogen and oxygen atoms in total. The van der Waals surface area contributed by atoms with Crippen molar-refractivity contribution in [2.24, 2.45) is 0 Å². The molecular weight excluding hydrogens is 247 g/mol. The molecule has 1 N–H and O–H groups in total. The molecule has 5 heteroatoms. The molecule has 19 heavy (non-hydrogen) atoms. The minimum Gasteiger partial charge on any atom is -0.463 e. The second-order valence-electron chi connectivity index (χ2n) is 3.82. The monoisotopic (exact) mass is 258 g/mol. The van der Waals surface area contributed by atoms with E-state index >= 15 is 0 Å². The first-order chi connectivity index (χ1) is 9.15. The van der Waals surface area contributed by atoms with E-state index in [1.165, 1.54) is 18.2 Å². The Bertz CT molecular complexity index is 695. The Morgan fingerprint density at radius 1 is 1.58 bits per heavy atom. The van der Waals surface area contributed by atoms with Crippen LogP contribution in [0, 0.1) is 17.1 Å². The largest absolute Gasteiger partial charge is 0.463 e. The van der Waals surface area contributed by atoms with Gasteiger partial charge in [0.2, 0.25) is 0 Å². The number of rotatable bonds is 3. The third kappa shape index (κ3) is 2.63. The Morgan fingerprint density at radius 2 is 2.37 bits per heavy atom. The number of nitrogens with one attached hydrogen (secondary N) is 1. The van der Waals surface area contributed by atoms with E-state index in [9.17, 15) is 9.18 Å². The van der Waals surface area contributed by atoms with Gasteiger partial charge in [-0.25, -0.2) is 9.18 Å². The summed E-state index contributed by atoms with van der Waals surface area (Å²) in [7, 11) is 0. The average molecular weight is 258 g/mol. The quantitative estimate of drug-likeness (QED) is 0.680. The molecule has 1 aromatic heterocycles. The second-order valence-corrected chi connectivity index (χ2v) is 3.82. The number of hydrogen-bond donors (Lipinski definition) is 1. The molecule has 0 radical (unpaired) electrons. The van der Waals surface area contributed by atoms with Gasteiger partial charge >= 0.3 is 5.97 Å². The molecule has 0 amide bonds. The van der Waals surface area contributed by atoms with Gasteiger partial charge in [-0.1, -0.05) is 0 Å². The lowest BCUT2D eigenvalue weighted by molar-refractivity contribution is -0.137. The lowest BCUT2D eigenvalue weighted by Gasteiger charge is -1.96. The summed E-state index contributed by atoms with van der Waals surface area (Å²) in [6.45, 7) is 2.02. The first-order valence-corrected chi connectivity index (χ1v) is 5.71. The van der Waals surface area contributed by atoms with Crippen LogP contribution < -0.4 is 0 Å². The van der Waals surface area contributed by atoms with Gasteiger partial charge in [-0.3, -0.25) is 0 Å². The molecule has 2 rings (SSSR count). The summed E-state index contributed by atoms with van der Waals surface area (Å²) in [6, 6.07) is 4.49. The third-order valence-corrected chi connectivity index (χ3v) is 2.61. The summed E-state index contributed by atoms with van der Waals surface area (Å²) in [5.41, 5.74) is 1.28. The highest BCUT2D eigenvalue weighted by Gasteiger charge is 2.08. The van der Waals surface area contributed by atoms with Crippen LogP contribution in [-0.2, 0) is 9.53 Å². The Hall–Kier alpha value is -2.61. The van der Waals surface area contributed by atoms with Crippen molar-refractivity contribution >= 4 is 22.9 Å². The van der Waals surface area contributed by atoms with Gasteiger partial charge in [0.15, 0.2) is 0 Å². The van der Waals surface area contributed by atoms with Gasteiger partial charge in [0.25, 0.3) is 0 Å². The van der Waals surface area contributed by atoms with Gasteiger partial charge in [-0.15, -0.1) is 0 Å². The van der Waals surface area contributed by atoms with E-state index in [0.29, 0.717) is 23.1 Å². The van der Waals surface area contributed by atoms with Crippen LogP contribution in [0.25, 0.3) is 17.0 Å². The zero-order valence-corrected chi connectivity index (χ0v) is 10.2.